The second kappa shape index (κ2) is 4.75. The van der Waals surface area contributed by atoms with Crippen LogP contribution in [-0.4, -0.2) is 40.6 Å². The lowest BCUT2D eigenvalue weighted by Gasteiger charge is -2.42. The van der Waals surface area contributed by atoms with Crippen LogP contribution in [0.15, 0.2) is 0 Å². The van der Waals surface area contributed by atoms with Crippen molar-refractivity contribution in [2.75, 3.05) is 18.8 Å². The number of hydrogen-bond donors (Lipinski definition) is 1. The Morgan fingerprint density at radius 3 is 2.83 bits per heavy atom. The molecule has 0 radical (unpaired) electrons. The van der Waals surface area contributed by atoms with E-state index in [0.717, 1.165) is 31.7 Å². The van der Waals surface area contributed by atoms with Crippen molar-refractivity contribution in [2.45, 2.75) is 44.5 Å². The van der Waals surface area contributed by atoms with Crippen LogP contribution in [0.2, 0.25) is 0 Å². The number of nitrogens with zero attached hydrogens (tertiary/aromatic N) is 2. The van der Waals surface area contributed by atoms with E-state index in [1.54, 1.807) is 11.8 Å². The van der Waals surface area contributed by atoms with Crippen molar-refractivity contribution >= 4 is 17.7 Å². The Balaban J connectivity index is 2.06. The van der Waals surface area contributed by atoms with Gasteiger partial charge in [-0.05, 0) is 12.8 Å². The fraction of sp³-hybridized carbons (Fsp3) is 0.846. The Kier molecular flexibility index (Phi) is 3.61. The van der Waals surface area contributed by atoms with Gasteiger partial charge in [-0.1, -0.05) is 20.8 Å². The van der Waals surface area contributed by atoms with Crippen molar-refractivity contribution in [1.82, 2.24) is 10.2 Å². The molecule has 0 saturated carbocycles. The summed E-state index contributed by atoms with van der Waals surface area (Å²) in [6.45, 7) is 7.46. The number of nitrogens with one attached hydrogen (secondary N) is 1. The smallest absolute Gasteiger partial charge is 0.228 e. The van der Waals surface area contributed by atoms with E-state index in [-0.39, 0.29) is 22.2 Å². The van der Waals surface area contributed by atoms with E-state index in [4.69, 9.17) is 5.26 Å². The molecule has 2 heterocycles. The van der Waals surface area contributed by atoms with Gasteiger partial charge in [-0.15, -0.1) is 11.8 Å². The Bertz CT molecular complexity index is 385. The lowest BCUT2D eigenvalue weighted by atomic mass is 9.92. The average Bonchev–Trinajstić information content (AvgIpc) is 2.70. The summed E-state index contributed by atoms with van der Waals surface area (Å²) in [5.74, 6) is 1.04. The minimum atomic E-state index is -0.323. The van der Waals surface area contributed by atoms with E-state index < -0.39 is 0 Å². The Hall–Kier alpha value is -0.730. The molecular weight excluding hydrogens is 246 g/mol. The molecule has 2 fully saturated rings. The summed E-state index contributed by atoms with van der Waals surface area (Å²) < 4.78 is 0. The normalized spacial score (nSPS) is 32.6. The molecule has 1 unspecified atom stereocenters. The molecule has 18 heavy (non-hydrogen) atoms. The molecule has 0 aromatic carbocycles. The fourth-order valence-electron chi connectivity index (χ4n) is 2.62. The molecule has 2 aliphatic heterocycles. The highest BCUT2D eigenvalue weighted by atomic mass is 32.2. The molecule has 1 spiro atoms. The molecule has 2 saturated heterocycles. The van der Waals surface area contributed by atoms with Crippen molar-refractivity contribution < 1.29 is 4.79 Å². The van der Waals surface area contributed by atoms with E-state index >= 15 is 0 Å². The summed E-state index contributed by atoms with van der Waals surface area (Å²) in [6.07, 6.45) is 2.06. The lowest BCUT2D eigenvalue weighted by molar-refractivity contribution is -0.141. The van der Waals surface area contributed by atoms with Crippen LogP contribution in [-0.2, 0) is 4.79 Å². The molecule has 2 rings (SSSR count). The molecule has 2 atom stereocenters. The van der Waals surface area contributed by atoms with Crippen LogP contribution in [0.4, 0.5) is 0 Å². The van der Waals surface area contributed by atoms with Gasteiger partial charge in [0.05, 0.1) is 10.9 Å². The van der Waals surface area contributed by atoms with E-state index in [1.807, 2.05) is 25.7 Å². The minimum absolute atomic E-state index is 0.0697. The second-order valence-electron chi connectivity index (χ2n) is 6.21. The van der Waals surface area contributed by atoms with E-state index in [2.05, 4.69) is 11.4 Å². The molecule has 0 bridgehead atoms. The first kappa shape index (κ1) is 13.7. The van der Waals surface area contributed by atoms with Crippen molar-refractivity contribution in [1.29, 1.82) is 5.26 Å². The number of piperidine rings is 1. The maximum absolute atomic E-state index is 12.3. The Labute approximate surface area is 113 Å². The summed E-state index contributed by atoms with van der Waals surface area (Å²) >= 11 is 1.80. The van der Waals surface area contributed by atoms with Crippen LogP contribution in [0, 0.1) is 16.7 Å². The van der Waals surface area contributed by atoms with Crippen molar-refractivity contribution in [3.63, 3.8) is 0 Å². The SMILES string of the molecule is CC(C)(C)C(=O)N1CCCC2(C1)N[C@H](C#N)CS2. The summed E-state index contributed by atoms with van der Waals surface area (Å²) in [5, 5.41) is 12.4. The van der Waals surface area contributed by atoms with Gasteiger partial charge in [0, 0.05) is 24.3 Å². The van der Waals surface area contributed by atoms with Gasteiger partial charge in [0.1, 0.15) is 6.04 Å². The summed E-state index contributed by atoms with van der Waals surface area (Å²) in [5.41, 5.74) is -0.323. The van der Waals surface area contributed by atoms with Gasteiger partial charge >= 0.3 is 0 Å². The van der Waals surface area contributed by atoms with E-state index in [1.165, 1.54) is 0 Å². The summed E-state index contributed by atoms with van der Waals surface area (Å²) in [4.78, 5) is 14.2. The zero-order chi connectivity index (χ0) is 13.4. The van der Waals surface area contributed by atoms with Gasteiger partial charge in [0.25, 0.3) is 0 Å². The van der Waals surface area contributed by atoms with Crippen LogP contribution >= 0.6 is 11.8 Å². The number of likely N-dealkylation sites (tertiary alicyclic amines) is 1. The highest BCUT2D eigenvalue weighted by molar-refractivity contribution is 8.01. The Morgan fingerprint density at radius 2 is 2.28 bits per heavy atom. The third kappa shape index (κ3) is 2.65. The third-order valence-electron chi connectivity index (χ3n) is 3.50. The van der Waals surface area contributed by atoms with Crippen LogP contribution in [0.25, 0.3) is 0 Å². The van der Waals surface area contributed by atoms with Crippen molar-refractivity contribution in [3.05, 3.63) is 0 Å². The summed E-state index contributed by atoms with van der Waals surface area (Å²) in [6, 6.07) is 2.20. The second-order valence-corrected chi connectivity index (χ2v) is 7.62. The van der Waals surface area contributed by atoms with Gasteiger partial charge in [0.15, 0.2) is 0 Å². The molecule has 0 aromatic heterocycles. The topological polar surface area (TPSA) is 56.1 Å². The molecule has 100 valence electrons. The molecule has 5 heteroatoms. The van der Waals surface area contributed by atoms with Gasteiger partial charge in [-0.2, -0.15) is 5.26 Å². The van der Waals surface area contributed by atoms with Crippen LogP contribution < -0.4 is 5.32 Å². The molecule has 4 nitrogen and oxygen atoms in total. The lowest BCUT2D eigenvalue weighted by Crippen LogP contribution is -2.56. The quantitative estimate of drug-likeness (QED) is 0.724. The third-order valence-corrected chi connectivity index (χ3v) is 5.01. The van der Waals surface area contributed by atoms with Gasteiger partial charge in [-0.25, -0.2) is 0 Å². The van der Waals surface area contributed by atoms with Gasteiger partial charge < -0.3 is 4.90 Å². The largest absolute Gasteiger partial charge is 0.340 e. The molecular formula is C13H21N3OS. The number of amides is 1. The highest BCUT2D eigenvalue weighted by Crippen LogP contribution is 2.38. The van der Waals surface area contributed by atoms with Gasteiger partial charge in [-0.3, -0.25) is 10.1 Å². The molecule has 1 N–H and O–H groups in total. The molecule has 0 aliphatic carbocycles. The maximum Gasteiger partial charge on any atom is 0.228 e. The number of carbonyl (C=O) groups is 1. The predicted molar refractivity (Wildman–Crippen MR) is 73.0 cm³/mol. The monoisotopic (exact) mass is 267 g/mol. The molecule has 2 aliphatic rings. The van der Waals surface area contributed by atoms with Crippen LogP contribution in [0.5, 0.6) is 0 Å². The number of nitriles is 1. The number of thioether (sulfide) groups is 1. The number of hydrogen-bond acceptors (Lipinski definition) is 4. The number of rotatable bonds is 0. The fourth-order valence-corrected chi connectivity index (χ4v) is 4.02. The first-order chi connectivity index (χ1) is 8.36. The standard InChI is InChI=1S/C13H21N3OS/c1-12(2,3)11(17)16-6-4-5-13(9-16)15-10(7-14)8-18-13/h10,15H,4-6,8-9H2,1-3H3/t10-,13?/m1/s1. The highest BCUT2D eigenvalue weighted by Gasteiger charge is 2.44. The zero-order valence-electron chi connectivity index (χ0n) is 11.3. The first-order valence-electron chi connectivity index (χ1n) is 6.47. The van der Waals surface area contributed by atoms with E-state index in [0.29, 0.717) is 0 Å². The van der Waals surface area contributed by atoms with Crippen molar-refractivity contribution in [3.8, 4) is 6.07 Å². The van der Waals surface area contributed by atoms with E-state index in [9.17, 15) is 4.79 Å². The van der Waals surface area contributed by atoms with Crippen LogP contribution in [0.3, 0.4) is 0 Å². The van der Waals surface area contributed by atoms with Gasteiger partial charge in [0.2, 0.25) is 5.91 Å². The maximum atomic E-state index is 12.3. The average molecular weight is 267 g/mol. The number of carbonyl (C=O) groups excluding carboxylic acids is 1. The minimum Gasteiger partial charge on any atom is -0.340 e. The first-order valence-corrected chi connectivity index (χ1v) is 7.45. The van der Waals surface area contributed by atoms with Crippen molar-refractivity contribution in [2.24, 2.45) is 5.41 Å². The molecule has 0 aromatic rings. The van der Waals surface area contributed by atoms with Crippen LogP contribution in [0.1, 0.15) is 33.6 Å². The summed E-state index contributed by atoms with van der Waals surface area (Å²) in [7, 11) is 0. The Morgan fingerprint density at radius 1 is 1.56 bits per heavy atom. The molecule has 1 amide bonds. The zero-order valence-corrected chi connectivity index (χ0v) is 12.1. The predicted octanol–water partition coefficient (Wildman–Crippen LogP) is 1.58.